The number of carbonyl (C=O) groups excluding carboxylic acids is 1. The molecule has 0 aliphatic heterocycles. The number of nitrogens with one attached hydrogen (secondary N) is 1. The lowest BCUT2D eigenvalue weighted by molar-refractivity contribution is -0.141. The van der Waals surface area contributed by atoms with Gasteiger partial charge in [-0.25, -0.2) is 0 Å². The lowest BCUT2D eigenvalue weighted by Gasteiger charge is -2.05. The Morgan fingerprint density at radius 1 is 1.59 bits per heavy atom. The molecular weight excluding hydrogens is 216 g/mol. The molecule has 0 radical (unpaired) electrons. The van der Waals surface area contributed by atoms with Gasteiger partial charge in [0.2, 0.25) is 0 Å². The molecule has 17 heavy (non-hydrogen) atoms. The summed E-state index contributed by atoms with van der Waals surface area (Å²) in [4.78, 5) is 15.3. The van der Waals surface area contributed by atoms with Crippen LogP contribution < -0.4 is 0 Å². The van der Waals surface area contributed by atoms with Gasteiger partial charge in [-0.15, -0.1) is 0 Å². The summed E-state index contributed by atoms with van der Waals surface area (Å²) in [6.45, 7) is 4.28. The van der Waals surface area contributed by atoms with Gasteiger partial charge in [0.1, 0.15) is 6.54 Å². The highest BCUT2D eigenvalue weighted by Gasteiger charge is 2.13. The van der Waals surface area contributed by atoms with E-state index in [9.17, 15) is 4.79 Å². The smallest absolute Gasteiger partial charge is 0.327 e. The Morgan fingerprint density at radius 2 is 2.35 bits per heavy atom. The summed E-state index contributed by atoms with van der Waals surface area (Å²) in [7, 11) is 0. The lowest BCUT2D eigenvalue weighted by Crippen LogP contribution is -2.14. The second-order valence-electron chi connectivity index (χ2n) is 4.05. The molecule has 0 aromatic rings. The molecule has 0 aromatic heterocycles. The van der Waals surface area contributed by atoms with Gasteiger partial charge >= 0.3 is 5.97 Å². The Hall–Kier alpha value is -1.45. The van der Waals surface area contributed by atoms with Crippen LogP contribution in [0.2, 0.25) is 0 Å². The van der Waals surface area contributed by atoms with E-state index in [-0.39, 0.29) is 12.5 Å². The molecule has 0 saturated carbocycles. The van der Waals surface area contributed by atoms with Crippen LogP contribution in [0.1, 0.15) is 33.1 Å². The van der Waals surface area contributed by atoms with Gasteiger partial charge in [-0.2, -0.15) is 0 Å². The van der Waals surface area contributed by atoms with Crippen molar-refractivity contribution in [1.29, 1.82) is 5.41 Å². The third kappa shape index (κ3) is 4.51. The molecule has 1 N–H and O–H groups in total. The molecule has 0 saturated heterocycles. The summed E-state index contributed by atoms with van der Waals surface area (Å²) in [6, 6.07) is 0. The number of aliphatic imine (C=N–C) groups is 1. The average Bonchev–Trinajstić information content (AvgIpc) is 2.49. The molecule has 1 unspecified atom stereocenters. The standard InChI is InChI=1S/C13H20N2O2/c1-3-10-5-7-11(14)12(8-6-10)15-9-13(16)17-4-2/h6,8,10,14H,3-5,7,9H2,1-2H3. The van der Waals surface area contributed by atoms with Crippen LogP contribution in [0, 0.1) is 11.3 Å². The molecule has 1 rings (SSSR count). The van der Waals surface area contributed by atoms with E-state index in [1.165, 1.54) is 0 Å². The van der Waals surface area contributed by atoms with Gasteiger partial charge in [0.15, 0.2) is 0 Å². The Bertz CT molecular complexity index is 345. The van der Waals surface area contributed by atoms with Crippen LogP contribution >= 0.6 is 0 Å². The molecule has 1 aliphatic carbocycles. The van der Waals surface area contributed by atoms with E-state index >= 15 is 0 Å². The molecule has 0 heterocycles. The second-order valence-corrected chi connectivity index (χ2v) is 4.05. The zero-order valence-electron chi connectivity index (χ0n) is 10.5. The van der Waals surface area contributed by atoms with Crippen LogP contribution in [-0.2, 0) is 9.53 Å². The minimum absolute atomic E-state index is 0.00663. The van der Waals surface area contributed by atoms with Crippen molar-refractivity contribution >= 4 is 17.4 Å². The third-order valence-electron chi connectivity index (χ3n) is 2.81. The van der Waals surface area contributed by atoms with Crippen molar-refractivity contribution < 1.29 is 9.53 Å². The zero-order chi connectivity index (χ0) is 12.7. The molecule has 1 aliphatic rings. The van der Waals surface area contributed by atoms with Crippen molar-refractivity contribution in [3.05, 3.63) is 12.2 Å². The van der Waals surface area contributed by atoms with E-state index in [1.54, 1.807) is 6.92 Å². The maximum Gasteiger partial charge on any atom is 0.327 e. The number of nitrogens with zero attached hydrogens (tertiary/aromatic N) is 1. The number of allylic oxidation sites excluding steroid dienone is 2. The summed E-state index contributed by atoms with van der Waals surface area (Å²) in [5, 5.41) is 7.86. The highest BCUT2D eigenvalue weighted by Crippen LogP contribution is 2.17. The van der Waals surface area contributed by atoms with Crippen molar-refractivity contribution in [3.63, 3.8) is 0 Å². The first-order valence-electron chi connectivity index (χ1n) is 6.13. The summed E-state index contributed by atoms with van der Waals surface area (Å²) >= 11 is 0. The van der Waals surface area contributed by atoms with E-state index < -0.39 is 0 Å². The molecule has 4 heteroatoms. The molecule has 0 spiro atoms. The van der Waals surface area contributed by atoms with Crippen LogP contribution in [0.5, 0.6) is 0 Å². The molecule has 0 amide bonds. The Balaban J connectivity index is 2.64. The van der Waals surface area contributed by atoms with Gasteiger partial charge in [0.25, 0.3) is 0 Å². The normalized spacial score (nSPS) is 22.6. The quantitative estimate of drug-likeness (QED) is 0.762. The van der Waals surface area contributed by atoms with Crippen molar-refractivity contribution in [2.24, 2.45) is 10.9 Å². The highest BCUT2D eigenvalue weighted by atomic mass is 16.5. The predicted octanol–water partition coefficient (Wildman–Crippen LogP) is 2.39. The van der Waals surface area contributed by atoms with Crippen LogP contribution in [0.25, 0.3) is 0 Å². The highest BCUT2D eigenvalue weighted by molar-refractivity contribution is 6.45. The van der Waals surface area contributed by atoms with Gasteiger partial charge in [0, 0.05) is 0 Å². The maximum absolute atomic E-state index is 11.2. The van der Waals surface area contributed by atoms with Gasteiger partial charge in [-0.3, -0.25) is 9.79 Å². The first-order valence-corrected chi connectivity index (χ1v) is 6.13. The van der Waals surface area contributed by atoms with E-state index in [1.807, 2.05) is 6.08 Å². The fourth-order valence-electron chi connectivity index (χ4n) is 1.73. The van der Waals surface area contributed by atoms with E-state index in [0.717, 1.165) is 19.3 Å². The van der Waals surface area contributed by atoms with Crippen molar-refractivity contribution in [2.75, 3.05) is 13.2 Å². The first kappa shape index (κ1) is 13.6. The number of carbonyl (C=O) groups is 1. The molecule has 0 aromatic carbocycles. The SMILES string of the molecule is CCOC(=O)CN=C1C=CC(CC)CCC1=N. The molecule has 1 atom stereocenters. The van der Waals surface area contributed by atoms with E-state index in [2.05, 4.69) is 18.0 Å². The van der Waals surface area contributed by atoms with Gasteiger partial charge in [-0.05, 0) is 38.2 Å². The van der Waals surface area contributed by atoms with Crippen molar-refractivity contribution in [1.82, 2.24) is 0 Å². The largest absolute Gasteiger partial charge is 0.465 e. The maximum atomic E-state index is 11.2. The number of hydrogen-bond donors (Lipinski definition) is 1. The molecule has 94 valence electrons. The molecule has 4 nitrogen and oxygen atoms in total. The number of ether oxygens (including phenoxy) is 1. The average molecular weight is 236 g/mol. The number of rotatable bonds is 4. The lowest BCUT2D eigenvalue weighted by atomic mass is 10.0. The topological polar surface area (TPSA) is 62.5 Å². The monoisotopic (exact) mass is 236 g/mol. The fraction of sp³-hybridized carbons (Fsp3) is 0.615. The molecular formula is C13H20N2O2. The molecule has 0 bridgehead atoms. The number of esters is 1. The fourth-order valence-corrected chi connectivity index (χ4v) is 1.73. The van der Waals surface area contributed by atoms with E-state index in [4.69, 9.17) is 10.1 Å². The predicted molar refractivity (Wildman–Crippen MR) is 68.8 cm³/mol. The van der Waals surface area contributed by atoms with Crippen LogP contribution in [0.4, 0.5) is 0 Å². The van der Waals surface area contributed by atoms with Crippen LogP contribution in [0.15, 0.2) is 17.1 Å². The Morgan fingerprint density at radius 3 is 3.00 bits per heavy atom. The summed E-state index contributed by atoms with van der Waals surface area (Å²) in [5.41, 5.74) is 1.13. The van der Waals surface area contributed by atoms with Crippen molar-refractivity contribution in [2.45, 2.75) is 33.1 Å². The summed E-state index contributed by atoms with van der Waals surface area (Å²) in [6.07, 6.45) is 6.75. The van der Waals surface area contributed by atoms with Crippen LogP contribution in [0.3, 0.4) is 0 Å². The summed E-state index contributed by atoms with van der Waals surface area (Å²) in [5.74, 6) is 0.183. The summed E-state index contributed by atoms with van der Waals surface area (Å²) < 4.78 is 4.80. The minimum Gasteiger partial charge on any atom is -0.465 e. The zero-order valence-corrected chi connectivity index (χ0v) is 10.5. The van der Waals surface area contributed by atoms with Gasteiger partial charge in [-0.1, -0.05) is 13.0 Å². The third-order valence-corrected chi connectivity index (χ3v) is 2.81. The molecule has 0 fully saturated rings. The second kappa shape index (κ2) is 6.99. The van der Waals surface area contributed by atoms with Crippen molar-refractivity contribution in [3.8, 4) is 0 Å². The van der Waals surface area contributed by atoms with Crippen LogP contribution in [-0.4, -0.2) is 30.5 Å². The first-order chi connectivity index (χ1) is 8.17. The Labute approximate surface area is 102 Å². The van der Waals surface area contributed by atoms with E-state index in [0.29, 0.717) is 23.9 Å². The van der Waals surface area contributed by atoms with Gasteiger partial charge in [0.05, 0.1) is 18.0 Å². The Kier molecular flexibility index (Phi) is 5.60. The minimum atomic E-state index is -0.336. The van der Waals surface area contributed by atoms with Gasteiger partial charge < -0.3 is 10.1 Å². The number of hydrogen-bond acceptors (Lipinski definition) is 4.